The number of pyridine rings is 2. The number of aryl methyl sites for hydroxylation is 1. The Morgan fingerprint density at radius 1 is 0.893 bits per heavy atom. The van der Waals surface area contributed by atoms with E-state index in [2.05, 4.69) is 20.1 Å². The van der Waals surface area contributed by atoms with Crippen LogP contribution in [0.4, 0.5) is 0 Å². The number of rotatable bonds is 2. The van der Waals surface area contributed by atoms with Crippen LogP contribution in [-0.2, 0) is 7.05 Å². The molecule has 0 aliphatic carbocycles. The molecular formula is C21H14N6O. The van der Waals surface area contributed by atoms with Crippen LogP contribution in [0, 0.1) is 0 Å². The Morgan fingerprint density at radius 2 is 1.64 bits per heavy atom. The second-order valence-electron chi connectivity index (χ2n) is 6.67. The van der Waals surface area contributed by atoms with E-state index in [1.54, 1.807) is 23.3 Å². The first-order chi connectivity index (χ1) is 13.8. The standard InChI is InChI=1S/C21H14N6O/c1-27-11-12(10-24-27)15-6-7-16(28-15)21-25-19-13-4-2-8-22-17(13)18-14(20(19)26-21)5-3-9-23-18/h2-11H,1H3,(H,25,26). The number of nitrogens with one attached hydrogen (secondary N) is 1. The third kappa shape index (κ3) is 2.10. The number of benzene rings is 1. The second kappa shape index (κ2) is 5.50. The Labute approximate surface area is 158 Å². The zero-order valence-electron chi connectivity index (χ0n) is 14.9. The fourth-order valence-electron chi connectivity index (χ4n) is 3.63. The first-order valence-corrected chi connectivity index (χ1v) is 8.88. The molecule has 7 nitrogen and oxygen atoms in total. The van der Waals surface area contributed by atoms with Gasteiger partial charge in [0.2, 0.25) is 0 Å². The van der Waals surface area contributed by atoms with Crippen molar-refractivity contribution in [1.82, 2.24) is 29.7 Å². The van der Waals surface area contributed by atoms with Crippen molar-refractivity contribution in [2.45, 2.75) is 0 Å². The smallest absolute Gasteiger partial charge is 0.174 e. The van der Waals surface area contributed by atoms with E-state index in [0.717, 1.165) is 44.2 Å². The van der Waals surface area contributed by atoms with Gasteiger partial charge in [0.25, 0.3) is 0 Å². The summed E-state index contributed by atoms with van der Waals surface area (Å²) in [5, 5.41) is 6.15. The minimum absolute atomic E-state index is 0.670. The molecule has 0 saturated carbocycles. The molecule has 1 N–H and O–H groups in total. The van der Waals surface area contributed by atoms with E-state index >= 15 is 0 Å². The van der Waals surface area contributed by atoms with Crippen molar-refractivity contribution in [3.05, 3.63) is 61.2 Å². The van der Waals surface area contributed by atoms with Crippen LogP contribution in [-0.4, -0.2) is 29.7 Å². The minimum Gasteiger partial charge on any atom is -0.453 e. The predicted molar refractivity (Wildman–Crippen MR) is 107 cm³/mol. The molecule has 6 rings (SSSR count). The zero-order valence-corrected chi connectivity index (χ0v) is 14.9. The van der Waals surface area contributed by atoms with Gasteiger partial charge >= 0.3 is 0 Å². The maximum absolute atomic E-state index is 6.04. The molecule has 5 aromatic heterocycles. The van der Waals surface area contributed by atoms with Gasteiger partial charge in [0.15, 0.2) is 11.6 Å². The number of aromatic nitrogens is 6. The van der Waals surface area contributed by atoms with E-state index in [1.165, 1.54) is 0 Å². The Balaban J connectivity index is 1.61. The molecule has 0 aliphatic rings. The van der Waals surface area contributed by atoms with Gasteiger partial charge in [-0.05, 0) is 36.4 Å². The highest BCUT2D eigenvalue weighted by Gasteiger charge is 2.17. The van der Waals surface area contributed by atoms with Crippen molar-refractivity contribution in [2.24, 2.45) is 7.05 Å². The molecule has 0 radical (unpaired) electrons. The topological polar surface area (TPSA) is 85.4 Å². The Bertz CT molecular complexity index is 1420. The summed E-state index contributed by atoms with van der Waals surface area (Å²) in [6, 6.07) is 11.7. The molecule has 0 bridgehead atoms. The van der Waals surface area contributed by atoms with E-state index in [-0.39, 0.29) is 0 Å². The summed E-state index contributed by atoms with van der Waals surface area (Å²) >= 11 is 0. The van der Waals surface area contributed by atoms with Crippen molar-refractivity contribution < 1.29 is 4.42 Å². The Morgan fingerprint density at radius 3 is 2.43 bits per heavy atom. The van der Waals surface area contributed by atoms with Gasteiger partial charge in [0.1, 0.15) is 5.76 Å². The molecule has 0 spiro atoms. The van der Waals surface area contributed by atoms with Crippen molar-refractivity contribution in [1.29, 1.82) is 0 Å². The molecule has 5 heterocycles. The number of furan rings is 1. The summed E-state index contributed by atoms with van der Waals surface area (Å²) in [5.41, 5.74) is 4.42. The van der Waals surface area contributed by atoms with Gasteiger partial charge in [-0.3, -0.25) is 14.6 Å². The Hall–Kier alpha value is -4.00. The van der Waals surface area contributed by atoms with Gasteiger partial charge in [0.05, 0.1) is 33.8 Å². The lowest BCUT2D eigenvalue weighted by molar-refractivity contribution is 0.593. The van der Waals surface area contributed by atoms with Crippen LogP contribution < -0.4 is 0 Å². The molecule has 0 fully saturated rings. The fourth-order valence-corrected chi connectivity index (χ4v) is 3.63. The summed E-state index contributed by atoms with van der Waals surface area (Å²) in [6.07, 6.45) is 7.26. The monoisotopic (exact) mass is 366 g/mol. The fraction of sp³-hybridized carbons (Fsp3) is 0.0476. The first kappa shape index (κ1) is 15.1. The third-order valence-corrected chi connectivity index (χ3v) is 4.90. The first-order valence-electron chi connectivity index (χ1n) is 8.88. The largest absolute Gasteiger partial charge is 0.453 e. The van der Waals surface area contributed by atoms with Crippen LogP contribution in [0.25, 0.3) is 55.7 Å². The number of aromatic amines is 1. The van der Waals surface area contributed by atoms with Crippen LogP contribution in [0.2, 0.25) is 0 Å². The summed E-state index contributed by atoms with van der Waals surface area (Å²) in [5.74, 6) is 2.09. The van der Waals surface area contributed by atoms with Crippen LogP contribution in [0.5, 0.6) is 0 Å². The molecule has 0 amide bonds. The van der Waals surface area contributed by atoms with E-state index in [9.17, 15) is 0 Å². The molecule has 0 atom stereocenters. The van der Waals surface area contributed by atoms with E-state index in [4.69, 9.17) is 9.40 Å². The average molecular weight is 366 g/mol. The maximum atomic E-state index is 6.04. The van der Waals surface area contributed by atoms with E-state index < -0.39 is 0 Å². The van der Waals surface area contributed by atoms with Crippen molar-refractivity contribution in [2.75, 3.05) is 0 Å². The molecule has 1 aromatic carbocycles. The third-order valence-electron chi connectivity index (χ3n) is 4.90. The van der Waals surface area contributed by atoms with Gasteiger partial charge in [0, 0.05) is 36.4 Å². The van der Waals surface area contributed by atoms with E-state index in [0.29, 0.717) is 11.6 Å². The van der Waals surface area contributed by atoms with Crippen LogP contribution in [0.1, 0.15) is 0 Å². The number of fused-ring (bicyclic) bond motifs is 6. The number of hydrogen-bond acceptors (Lipinski definition) is 5. The van der Waals surface area contributed by atoms with Gasteiger partial charge in [-0.2, -0.15) is 5.10 Å². The van der Waals surface area contributed by atoms with Gasteiger partial charge < -0.3 is 9.40 Å². The maximum Gasteiger partial charge on any atom is 0.174 e. The van der Waals surface area contributed by atoms with Crippen LogP contribution >= 0.6 is 0 Å². The van der Waals surface area contributed by atoms with Gasteiger partial charge in [-0.1, -0.05) is 0 Å². The molecule has 7 heteroatoms. The van der Waals surface area contributed by atoms with Crippen molar-refractivity contribution in [3.63, 3.8) is 0 Å². The molecule has 6 aromatic rings. The minimum atomic E-state index is 0.670. The van der Waals surface area contributed by atoms with Crippen LogP contribution in [0.3, 0.4) is 0 Å². The molecule has 0 saturated heterocycles. The summed E-state index contributed by atoms with van der Waals surface area (Å²) in [6.45, 7) is 0. The highest BCUT2D eigenvalue weighted by molar-refractivity contribution is 6.20. The molecular weight excluding hydrogens is 352 g/mol. The van der Waals surface area contributed by atoms with E-state index in [1.807, 2.05) is 49.6 Å². The molecule has 134 valence electrons. The average Bonchev–Trinajstić information content (AvgIpc) is 3.47. The van der Waals surface area contributed by atoms with Crippen molar-refractivity contribution in [3.8, 4) is 22.9 Å². The lowest BCUT2D eigenvalue weighted by Crippen LogP contribution is -1.86. The molecule has 28 heavy (non-hydrogen) atoms. The predicted octanol–water partition coefficient (Wildman–Crippen LogP) is 4.32. The summed E-state index contributed by atoms with van der Waals surface area (Å²) < 4.78 is 7.79. The number of H-pyrrole nitrogens is 1. The molecule has 0 unspecified atom stereocenters. The van der Waals surface area contributed by atoms with Gasteiger partial charge in [-0.15, -0.1) is 0 Å². The second-order valence-corrected chi connectivity index (χ2v) is 6.67. The number of hydrogen-bond donors (Lipinski definition) is 1. The zero-order chi connectivity index (χ0) is 18.7. The highest BCUT2D eigenvalue weighted by atomic mass is 16.3. The summed E-state index contributed by atoms with van der Waals surface area (Å²) in [7, 11) is 1.88. The lowest BCUT2D eigenvalue weighted by Gasteiger charge is -2.03. The number of imidazole rings is 1. The lowest BCUT2D eigenvalue weighted by atomic mass is 10.1. The van der Waals surface area contributed by atoms with Gasteiger partial charge in [-0.25, -0.2) is 4.98 Å². The quantitative estimate of drug-likeness (QED) is 0.461. The molecule has 0 aliphatic heterocycles. The summed E-state index contributed by atoms with van der Waals surface area (Å²) in [4.78, 5) is 17.3. The highest BCUT2D eigenvalue weighted by Crippen LogP contribution is 2.34. The number of nitrogens with zero attached hydrogens (tertiary/aromatic N) is 5. The van der Waals surface area contributed by atoms with Crippen LogP contribution in [0.15, 0.2) is 65.6 Å². The van der Waals surface area contributed by atoms with Crippen molar-refractivity contribution >= 4 is 32.8 Å². The normalized spacial score (nSPS) is 11.8. The SMILES string of the molecule is Cn1cc(-c2ccc(-c3nc4c5cccnc5c5ncccc5c4[nH]3)o2)cn1. The Kier molecular flexibility index (Phi) is 2.96.